The Hall–Kier alpha value is -2.54. The molecule has 2 aromatic rings. The van der Waals surface area contributed by atoms with Gasteiger partial charge in [-0.05, 0) is 18.2 Å². The number of methoxy groups -OCH3 is 1. The molecular formula is C13H10ClN3O5S. The smallest absolute Gasteiger partial charge is 0.357 e. The van der Waals surface area contributed by atoms with Crippen molar-refractivity contribution in [3.8, 4) is 11.8 Å². The minimum Gasteiger partial charge on any atom is -0.464 e. The molecule has 0 aliphatic rings. The molecule has 1 heterocycles. The van der Waals surface area contributed by atoms with Gasteiger partial charge in [-0.1, -0.05) is 11.6 Å². The van der Waals surface area contributed by atoms with Crippen LogP contribution in [0.3, 0.4) is 0 Å². The highest BCUT2D eigenvalue weighted by Gasteiger charge is 2.23. The van der Waals surface area contributed by atoms with Gasteiger partial charge in [0, 0.05) is 6.20 Å². The number of carbonyl (C=O) groups excluding carboxylic acids is 1. The van der Waals surface area contributed by atoms with E-state index in [0.29, 0.717) is 0 Å². The summed E-state index contributed by atoms with van der Waals surface area (Å²) >= 11 is 6.03. The first-order chi connectivity index (χ1) is 10.7. The van der Waals surface area contributed by atoms with Crippen molar-refractivity contribution in [2.75, 3.05) is 12.8 Å². The molecule has 0 spiro atoms. The van der Waals surface area contributed by atoms with E-state index in [9.17, 15) is 13.2 Å². The molecule has 10 heteroatoms. The number of halogens is 1. The van der Waals surface area contributed by atoms with Crippen LogP contribution in [-0.4, -0.2) is 30.6 Å². The van der Waals surface area contributed by atoms with Crippen LogP contribution >= 0.6 is 11.6 Å². The van der Waals surface area contributed by atoms with Crippen LogP contribution in [0.5, 0.6) is 0 Å². The van der Waals surface area contributed by atoms with Crippen LogP contribution in [0.1, 0.15) is 16.1 Å². The molecule has 8 nitrogen and oxygen atoms in total. The normalized spacial score (nSPS) is 11.0. The number of aromatic nitrogens is 1. The molecule has 0 amide bonds. The highest BCUT2D eigenvalue weighted by molar-refractivity contribution is 7.85. The number of carbonyl (C=O) groups is 1. The minimum absolute atomic E-state index is 0.0151. The lowest BCUT2D eigenvalue weighted by molar-refractivity contribution is 0.0593. The molecule has 1 aromatic heterocycles. The summed E-state index contributed by atoms with van der Waals surface area (Å²) in [4.78, 5) is 11.5. The Kier molecular flexibility index (Phi) is 4.33. The van der Waals surface area contributed by atoms with E-state index in [2.05, 4.69) is 4.74 Å². The topological polar surface area (TPSA) is 135 Å². The predicted molar refractivity (Wildman–Crippen MR) is 81.1 cm³/mol. The van der Waals surface area contributed by atoms with Crippen molar-refractivity contribution in [1.82, 2.24) is 4.57 Å². The Balaban J connectivity index is 2.82. The number of hydrogen-bond donors (Lipinski definition) is 2. The summed E-state index contributed by atoms with van der Waals surface area (Å²) in [6.45, 7) is 0. The predicted octanol–water partition coefficient (Wildman–Crippen LogP) is 1.62. The maximum Gasteiger partial charge on any atom is 0.357 e. The summed E-state index contributed by atoms with van der Waals surface area (Å²) in [5.41, 5.74) is 5.46. The fourth-order valence-electron chi connectivity index (χ4n) is 1.94. The van der Waals surface area contributed by atoms with Crippen LogP contribution in [0.25, 0.3) is 5.69 Å². The van der Waals surface area contributed by atoms with Gasteiger partial charge in [0.2, 0.25) is 0 Å². The Morgan fingerprint density at radius 1 is 1.48 bits per heavy atom. The van der Waals surface area contributed by atoms with Crippen molar-refractivity contribution in [1.29, 1.82) is 5.26 Å². The van der Waals surface area contributed by atoms with Crippen molar-refractivity contribution in [2.24, 2.45) is 0 Å². The fourth-order valence-corrected chi connectivity index (χ4v) is 2.65. The van der Waals surface area contributed by atoms with E-state index in [1.165, 1.54) is 12.3 Å². The molecule has 0 unspecified atom stereocenters. The third-order valence-corrected chi connectivity index (χ3v) is 4.19. The molecule has 0 bridgehead atoms. The van der Waals surface area contributed by atoms with Crippen LogP contribution < -0.4 is 5.73 Å². The largest absolute Gasteiger partial charge is 0.464 e. The van der Waals surface area contributed by atoms with E-state index in [0.717, 1.165) is 23.8 Å². The van der Waals surface area contributed by atoms with Gasteiger partial charge in [0.15, 0.2) is 5.69 Å². The van der Waals surface area contributed by atoms with Gasteiger partial charge in [0.05, 0.1) is 34.0 Å². The van der Waals surface area contributed by atoms with Crippen LogP contribution in [0.2, 0.25) is 5.02 Å². The molecule has 120 valence electrons. The summed E-state index contributed by atoms with van der Waals surface area (Å²) in [5, 5.41) is 9.12. The van der Waals surface area contributed by atoms with Crippen LogP contribution in [0, 0.1) is 11.3 Å². The summed E-state index contributed by atoms with van der Waals surface area (Å²) in [5.74, 6) is -0.836. The molecule has 3 N–H and O–H groups in total. The molecule has 0 atom stereocenters. The summed E-state index contributed by atoms with van der Waals surface area (Å²) in [7, 11) is -3.36. The number of ether oxygens (including phenoxy) is 1. The minimum atomic E-state index is -4.48. The Bertz CT molecular complexity index is 943. The maximum absolute atomic E-state index is 11.9. The summed E-state index contributed by atoms with van der Waals surface area (Å²) in [6.07, 6.45) is 1.22. The van der Waals surface area contributed by atoms with Crippen molar-refractivity contribution in [3.63, 3.8) is 0 Å². The fraction of sp³-hybridized carbons (Fsp3) is 0.0769. The van der Waals surface area contributed by atoms with E-state index >= 15 is 0 Å². The lowest BCUT2D eigenvalue weighted by atomic mass is 10.2. The quantitative estimate of drug-likeness (QED) is 0.630. The summed E-state index contributed by atoms with van der Waals surface area (Å²) in [6, 6.07) is 5.17. The Morgan fingerprint density at radius 3 is 2.65 bits per heavy atom. The van der Waals surface area contributed by atoms with E-state index in [1.54, 1.807) is 6.07 Å². The average Bonchev–Trinajstić information content (AvgIpc) is 2.82. The zero-order valence-electron chi connectivity index (χ0n) is 11.6. The highest BCUT2D eigenvalue weighted by atomic mass is 35.5. The monoisotopic (exact) mass is 355 g/mol. The van der Waals surface area contributed by atoms with Gasteiger partial charge in [0.25, 0.3) is 10.1 Å². The van der Waals surface area contributed by atoms with E-state index in [-0.39, 0.29) is 27.7 Å². The first kappa shape index (κ1) is 16.8. The highest BCUT2D eigenvalue weighted by Crippen LogP contribution is 2.30. The second kappa shape index (κ2) is 5.92. The average molecular weight is 356 g/mol. The maximum atomic E-state index is 11.9. The number of nitrogens with two attached hydrogens (primary N) is 1. The van der Waals surface area contributed by atoms with Gasteiger partial charge in [-0.25, -0.2) is 4.79 Å². The van der Waals surface area contributed by atoms with E-state index in [1.807, 2.05) is 0 Å². The number of nitrogens with zero attached hydrogens (tertiary/aromatic N) is 2. The molecule has 0 saturated carbocycles. The second-order valence-corrected chi connectivity index (χ2v) is 6.20. The third-order valence-electron chi connectivity index (χ3n) is 3.02. The van der Waals surface area contributed by atoms with Crippen molar-refractivity contribution in [3.05, 3.63) is 40.7 Å². The number of benzene rings is 1. The van der Waals surface area contributed by atoms with E-state index < -0.39 is 21.0 Å². The molecule has 0 saturated heterocycles. The van der Waals surface area contributed by atoms with Crippen LogP contribution in [0.4, 0.5) is 5.69 Å². The Labute approximate surface area is 136 Å². The van der Waals surface area contributed by atoms with E-state index in [4.69, 9.17) is 27.1 Å². The van der Waals surface area contributed by atoms with Gasteiger partial charge in [-0.2, -0.15) is 13.7 Å². The lowest BCUT2D eigenvalue weighted by Gasteiger charge is -2.11. The molecule has 23 heavy (non-hydrogen) atoms. The molecule has 1 aromatic carbocycles. The number of anilines is 1. The zero-order valence-corrected chi connectivity index (χ0v) is 13.2. The van der Waals surface area contributed by atoms with Crippen molar-refractivity contribution >= 4 is 33.4 Å². The third kappa shape index (κ3) is 3.00. The SMILES string of the molecule is COC(=O)c1c(N)c(C#N)cn1-c1cc(S(=O)(=O)O)ccc1Cl. The molecule has 0 radical (unpaired) electrons. The number of nitrogen functional groups attached to an aromatic ring is 1. The first-order valence-electron chi connectivity index (χ1n) is 5.97. The number of nitriles is 1. The number of esters is 1. The molecule has 0 aliphatic heterocycles. The number of rotatable bonds is 3. The van der Waals surface area contributed by atoms with Crippen molar-refractivity contribution in [2.45, 2.75) is 4.90 Å². The zero-order chi connectivity index (χ0) is 17.4. The number of hydrogen-bond acceptors (Lipinski definition) is 6. The second-order valence-electron chi connectivity index (χ2n) is 4.37. The molecular weight excluding hydrogens is 346 g/mol. The van der Waals surface area contributed by atoms with Gasteiger partial charge >= 0.3 is 5.97 Å². The molecule has 2 rings (SSSR count). The molecule has 0 fully saturated rings. The van der Waals surface area contributed by atoms with Crippen molar-refractivity contribution < 1.29 is 22.5 Å². The van der Waals surface area contributed by atoms with Gasteiger partial charge < -0.3 is 15.0 Å². The molecule has 0 aliphatic carbocycles. The van der Waals surface area contributed by atoms with Gasteiger partial charge in [0.1, 0.15) is 6.07 Å². The van der Waals surface area contributed by atoms with Crippen LogP contribution in [0.15, 0.2) is 29.3 Å². The first-order valence-corrected chi connectivity index (χ1v) is 7.79. The van der Waals surface area contributed by atoms with Gasteiger partial charge in [-0.3, -0.25) is 4.55 Å². The summed E-state index contributed by atoms with van der Waals surface area (Å²) < 4.78 is 37.4. The lowest BCUT2D eigenvalue weighted by Crippen LogP contribution is -2.12. The standard InChI is InChI=1S/C13H10ClN3O5S/c1-22-13(18)12-11(16)7(5-15)6-17(12)10-4-8(23(19,20)21)2-3-9(10)14/h2-4,6H,16H2,1H3,(H,19,20,21). The Morgan fingerprint density at radius 2 is 2.13 bits per heavy atom. The van der Waals surface area contributed by atoms with Gasteiger partial charge in [-0.15, -0.1) is 0 Å². The van der Waals surface area contributed by atoms with Crippen LogP contribution in [-0.2, 0) is 14.9 Å².